The van der Waals surface area contributed by atoms with Gasteiger partial charge in [0.2, 0.25) is 11.8 Å². The number of nitrogens with one attached hydrogen (secondary N) is 1. The van der Waals surface area contributed by atoms with E-state index in [4.69, 9.17) is 4.42 Å². The molecule has 27 heavy (non-hydrogen) atoms. The SMILES string of the molecule is O=C1N[C@H](Cc2ccccc2)C(=O)N1Cc1nnc(-c2ccc(F)cc2)o1. The molecular formula is C19H15FN4O3. The zero-order valence-electron chi connectivity index (χ0n) is 14.1. The van der Waals surface area contributed by atoms with E-state index in [0.29, 0.717) is 12.0 Å². The Morgan fingerprint density at radius 3 is 2.52 bits per heavy atom. The second-order valence-electron chi connectivity index (χ2n) is 6.12. The van der Waals surface area contributed by atoms with Crippen molar-refractivity contribution < 1.29 is 18.4 Å². The van der Waals surface area contributed by atoms with Crippen LogP contribution in [0.2, 0.25) is 0 Å². The van der Waals surface area contributed by atoms with Crippen LogP contribution in [-0.2, 0) is 17.8 Å². The minimum atomic E-state index is -0.626. The molecule has 1 fully saturated rings. The van der Waals surface area contributed by atoms with Gasteiger partial charge in [0.1, 0.15) is 18.4 Å². The Morgan fingerprint density at radius 2 is 1.78 bits per heavy atom. The smallest absolute Gasteiger partial charge is 0.325 e. The number of halogens is 1. The van der Waals surface area contributed by atoms with E-state index in [1.807, 2.05) is 30.3 Å². The molecule has 0 radical (unpaired) electrons. The van der Waals surface area contributed by atoms with Crippen molar-refractivity contribution in [1.29, 1.82) is 0 Å². The zero-order valence-corrected chi connectivity index (χ0v) is 14.1. The van der Waals surface area contributed by atoms with Gasteiger partial charge >= 0.3 is 6.03 Å². The molecule has 2 heterocycles. The highest BCUT2D eigenvalue weighted by Gasteiger charge is 2.38. The normalized spacial score (nSPS) is 16.6. The van der Waals surface area contributed by atoms with Gasteiger partial charge in [0.25, 0.3) is 5.91 Å². The van der Waals surface area contributed by atoms with Gasteiger partial charge in [-0.05, 0) is 29.8 Å². The lowest BCUT2D eigenvalue weighted by molar-refractivity contribution is -0.128. The third-order valence-corrected chi connectivity index (χ3v) is 4.24. The molecular weight excluding hydrogens is 351 g/mol. The van der Waals surface area contributed by atoms with Crippen LogP contribution in [-0.4, -0.2) is 33.1 Å². The van der Waals surface area contributed by atoms with Crippen LogP contribution in [0.3, 0.4) is 0 Å². The van der Waals surface area contributed by atoms with E-state index in [1.54, 1.807) is 0 Å². The van der Waals surface area contributed by atoms with Gasteiger partial charge in [-0.2, -0.15) is 0 Å². The lowest BCUT2D eigenvalue weighted by atomic mass is 10.1. The Hall–Kier alpha value is -3.55. The Labute approximate surface area is 153 Å². The summed E-state index contributed by atoms with van der Waals surface area (Å²) in [5, 5.41) is 10.4. The van der Waals surface area contributed by atoms with Crippen molar-refractivity contribution in [3.05, 3.63) is 71.9 Å². The van der Waals surface area contributed by atoms with Crippen LogP contribution in [0.5, 0.6) is 0 Å². The fourth-order valence-electron chi connectivity index (χ4n) is 2.88. The van der Waals surface area contributed by atoms with Crippen molar-refractivity contribution >= 4 is 11.9 Å². The second-order valence-corrected chi connectivity index (χ2v) is 6.12. The Morgan fingerprint density at radius 1 is 1.04 bits per heavy atom. The number of hydrogen-bond donors (Lipinski definition) is 1. The molecule has 1 atom stereocenters. The first-order valence-electron chi connectivity index (χ1n) is 8.34. The van der Waals surface area contributed by atoms with E-state index < -0.39 is 12.1 Å². The van der Waals surface area contributed by atoms with Crippen molar-refractivity contribution in [3.8, 4) is 11.5 Å². The molecule has 1 aliphatic rings. The second kappa shape index (κ2) is 6.99. The van der Waals surface area contributed by atoms with Crippen LogP contribution in [0, 0.1) is 5.82 Å². The van der Waals surface area contributed by atoms with Crippen LogP contribution in [0.4, 0.5) is 9.18 Å². The van der Waals surface area contributed by atoms with Gasteiger partial charge in [0.15, 0.2) is 0 Å². The highest BCUT2D eigenvalue weighted by Crippen LogP contribution is 2.20. The van der Waals surface area contributed by atoms with E-state index >= 15 is 0 Å². The van der Waals surface area contributed by atoms with E-state index in [1.165, 1.54) is 24.3 Å². The quantitative estimate of drug-likeness (QED) is 0.701. The van der Waals surface area contributed by atoms with Gasteiger partial charge in [-0.3, -0.25) is 9.69 Å². The molecule has 0 saturated carbocycles. The highest BCUT2D eigenvalue weighted by atomic mass is 19.1. The number of urea groups is 1. The molecule has 3 amide bonds. The summed E-state index contributed by atoms with van der Waals surface area (Å²) in [5.41, 5.74) is 1.50. The lowest BCUT2D eigenvalue weighted by Gasteiger charge is -2.10. The first kappa shape index (κ1) is 16.9. The minimum Gasteiger partial charge on any atom is -0.419 e. The number of rotatable bonds is 5. The van der Waals surface area contributed by atoms with Gasteiger partial charge in [0, 0.05) is 12.0 Å². The maximum Gasteiger partial charge on any atom is 0.325 e. The summed E-state index contributed by atoms with van der Waals surface area (Å²) >= 11 is 0. The van der Waals surface area contributed by atoms with E-state index in [2.05, 4.69) is 15.5 Å². The van der Waals surface area contributed by atoms with Gasteiger partial charge in [-0.15, -0.1) is 10.2 Å². The van der Waals surface area contributed by atoms with E-state index in [-0.39, 0.29) is 30.1 Å². The molecule has 3 aromatic rings. The maximum absolute atomic E-state index is 13.0. The van der Waals surface area contributed by atoms with Crippen molar-refractivity contribution in [2.24, 2.45) is 0 Å². The number of benzene rings is 2. The van der Waals surface area contributed by atoms with Gasteiger partial charge in [-0.25, -0.2) is 9.18 Å². The predicted molar refractivity (Wildman–Crippen MR) is 92.7 cm³/mol. The molecule has 0 aliphatic carbocycles. The average molecular weight is 366 g/mol. The topological polar surface area (TPSA) is 88.3 Å². The molecule has 1 aliphatic heterocycles. The third kappa shape index (κ3) is 3.55. The van der Waals surface area contributed by atoms with Gasteiger partial charge in [0.05, 0.1) is 0 Å². The van der Waals surface area contributed by atoms with Crippen molar-refractivity contribution in [2.45, 2.75) is 19.0 Å². The molecule has 136 valence electrons. The van der Waals surface area contributed by atoms with Crippen LogP contribution < -0.4 is 5.32 Å². The Kier molecular flexibility index (Phi) is 4.37. The highest BCUT2D eigenvalue weighted by molar-refractivity contribution is 6.04. The molecule has 0 unspecified atom stereocenters. The fourth-order valence-corrected chi connectivity index (χ4v) is 2.88. The fraction of sp³-hybridized carbons (Fsp3) is 0.158. The zero-order chi connectivity index (χ0) is 18.8. The molecule has 0 bridgehead atoms. The monoisotopic (exact) mass is 366 g/mol. The summed E-state index contributed by atoms with van der Waals surface area (Å²) in [4.78, 5) is 25.8. The van der Waals surface area contributed by atoms with E-state index in [9.17, 15) is 14.0 Å². The summed E-state index contributed by atoms with van der Waals surface area (Å²) in [5.74, 6) is -0.399. The Bertz CT molecular complexity index is 972. The summed E-state index contributed by atoms with van der Waals surface area (Å²) in [7, 11) is 0. The van der Waals surface area contributed by atoms with Crippen LogP contribution >= 0.6 is 0 Å². The summed E-state index contributed by atoms with van der Waals surface area (Å²) in [6.45, 7) is -0.121. The Balaban J connectivity index is 1.45. The van der Waals surface area contributed by atoms with Crippen LogP contribution in [0.25, 0.3) is 11.5 Å². The first-order chi connectivity index (χ1) is 13.1. The number of hydrogen-bond acceptors (Lipinski definition) is 5. The predicted octanol–water partition coefficient (Wildman–Crippen LogP) is 2.54. The van der Waals surface area contributed by atoms with Crippen molar-refractivity contribution in [1.82, 2.24) is 20.4 Å². The molecule has 1 aromatic heterocycles. The molecule has 0 spiro atoms. The number of aromatic nitrogens is 2. The maximum atomic E-state index is 13.0. The molecule has 8 heteroatoms. The third-order valence-electron chi connectivity index (χ3n) is 4.24. The number of amides is 3. The molecule has 7 nitrogen and oxygen atoms in total. The molecule has 1 N–H and O–H groups in total. The molecule has 2 aromatic carbocycles. The summed E-state index contributed by atoms with van der Waals surface area (Å²) < 4.78 is 18.5. The minimum absolute atomic E-state index is 0.121. The summed E-state index contributed by atoms with van der Waals surface area (Å²) in [6, 6.07) is 13.9. The van der Waals surface area contributed by atoms with E-state index in [0.717, 1.165) is 10.5 Å². The first-order valence-corrected chi connectivity index (χ1v) is 8.34. The molecule has 1 saturated heterocycles. The number of carbonyl (C=O) groups is 2. The summed E-state index contributed by atoms with van der Waals surface area (Å²) in [6.07, 6.45) is 0.409. The number of imide groups is 1. The van der Waals surface area contributed by atoms with Gasteiger partial charge < -0.3 is 9.73 Å². The van der Waals surface area contributed by atoms with Gasteiger partial charge in [-0.1, -0.05) is 30.3 Å². The molecule has 4 rings (SSSR count). The van der Waals surface area contributed by atoms with Crippen molar-refractivity contribution in [3.63, 3.8) is 0 Å². The number of carbonyl (C=O) groups excluding carboxylic acids is 2. The standard InChI is InChI=1S/C19H15FN4O3/c20-14-8-6-13(7-9-14)17-23-22-16(27-17)11-24-18(25)15(21-19(24)26)10-12-4-2-1-3-5-12/h1-9,15H,10-11H2,(H,21,26)/t15-/m1/s1. The van der Waals surface area contributed by atoms with Crippen molar-refractivity contribution in [2.75, 3.05) is 0 Å². The average Bonchev–Trinajstić information content (AvgIpc) is 3.24. The van der Waals surface area contributed by atoms with Crippen LogP contribution in [0.15, 0.2) is 59.0 Å². The van der Waals surface area contributed by atoms with Crippen LogP contribution in [0.1, 0.15) is 11.5 Å². The number of nitrogens with zero attached hydrogens (tertiary/aromatic N) is 3. The largest absolute Gasteiger partial charge is 0.419 e. The lowest BCUT2D eigenvalue weighted by Crippen LogP contribution is -2.32.